The fourth-order valence-electron chi connectivity index (χ4n) is 2.93. The van der Waals surface area contributed by atoms with Crippen molar-refractivity contribution in [2.75, 3.05) is 12.3 Å². The number of benzene rings is 1. The van der Waals surface area contributed by atoms with Crippen LogP contribution in [0.15, 0.2) is 36.7 Å². The molecule has 1 amide bonds. The molecule has 0 radical (unpaired) electrons. The lowest BCUT2D eigenvalue weighted by Crippen LogP contribution is -2.31. The third-order valence-corrected chi connectivity index (χ3v) is 5.78. The van der Waals surface area contributed by atoms with Crippen molar-refractivity contribution in [1.29, 1.82) is 0 Å². The first-order valence-corrected chi connectivity index (χ1v) is 9.51. The summed E-state index contributed by atoms with van der Waals surface area (Å²) >= 11 is 7.98. The Morgan fingerprint density at radius 1 is 1.38 bits per heavy atom. The lowest BCUT2D eigenvalue weighted by atomic mass is 10.00. The van der Waals surface area contributed by atoms with Gasteiger partial charge >= 0.3 is 0 Å². The summed E-state index contributed by atoms with van der Waals surface area (Å²) < 4.78 is 0. The Bertz CT molecular complexity index is 763. The van der Waals surface area contributed by atoms with Crippen LogP contribution in [0.1, 0.15) is 30.3 Å². The molecule has 1 aromatic heterocycles. The number of thioether (sulfide) groups is 1. The SMILES string of the molecule is Cc1ccc(-c2ccncc2C2SCC(=O)N2CC(C)C)cc1Cl. The van der Waals surface area contributed by atoms with E-state index in [4.69, 9.17) is 11.6 Å². The van der Waals surface area contributed by atoms with Crippen LogP contribution in [0.25, 0.3) is 11.1 Å². The van der Waals surface area contributed by atoms with Gasteiger partial charge in [-0.2, -0.15) is 0 Å². The van der Waals surface area contributed by atoms with Crippen molar-refractivity contribution in [1.82, 2.24) is 9.88 Å². The number of aromatic nitrogens is 1. The molecule has 5 heteroatoms. The predicted molar refractivity (Wildman–Crippen MR) is 101 cm³/mol. The highest BCUT2D eigenvalue weighted by Crippen LogP contribution is 2.43. The lowest BCUT2D eigenvalue weighted by molar-refractivity contribution is -0.128. The van der Waals surface area contributed by atoms with Crippen LogP contribution < -0.4 is 0 Å². The molecule has 1 fully saturated rings. The first kappa shape index (κ1) is 17.3. The van der Waals surface area contributed by atoms with E-state index in [2.05, 4.69) is 24.9 Å². The zero-order chi connectivity index (χ0) is 17.3. The second-order valence-electron chi connectivity index (χ2n) is 6.53. The first-order chi connectivity index (χ1) is 11.5. The maximum Gasteiger partial charge on any atom is 0.233 e. The highest BCUT2D eigenvalue weighted by Gasteiger charge is 2.34. The fraction of sp³-hybridized carbons (Fsp3) is 0.368. The molecule has 0 bridgehead atoms. The van der Waals surface area contributed by atoms with Crippen LogP contribution in [0, 0.1) is 12.8 Å². The standard InChI is InChI=1S/C19H21ClN2OS/c1-12(2)10-22-18(23)11-24-19(22)16-9-21-7-6-15(16)14-5-4-13(3)17(20)8-14/h4-9,12,19H,10-11H2,1-3H3. The van der Waals surface area contributed by atoms with Crippen LogP contribution in [0.3, 0.4) is 0 Å². The molecule has 1 atom stereocenters. The number of rotatable bonds is 4. The maximum atomic E-state index is 12.3. The molecule has 2 aromatic rings. The van der Waals surface area contributed by atoms with E-state index in [0.29, 0.717) is 11.7 Å². The van der Waals surface area contributed by atoms with Gasteiger partial charge in [-0.15, -0.1) is 11.8 Å². The fourth-order valence-corrected chi connectivity index (χ4v) is 4.33. The highest BCUT2D eigenvalue weighted by atomic mass is 35.5. The van der Waals surface area contributed by atoms with Gasteiger partial charge in [-0.05, 0) is 41.7 Å². The molecular formula is C19H21ClN2OS. The summed E-state index contributed by atoms with van der Waals surface area (Å²) in [5.41, 5.74) is 4.29. The molecule has 1 aliphatic heterocycles. The molecule has 3 rings (SSSR count). The van der Waals surface area contributed by atoms with Crippen LogP contribution in [0.2, 0.25) is 5.02 Å². The third-order valence-electron chi connectivity index (χ3n) is 4.13. The van der Waals surface area contributed by atoms with Crippen LogP contribution in [0.4, 0.5) is 0 Å². The molecular weight excluding hydrogens is 340 g/mol. The topological polar surface area (TPSA) is 33.2 Å². The van der Waals surface area contributed by atoms with Gasteiger partial charge < -0.3 is 4.90 Å². The van der Waals surface area contributed by atoms with Gasteiger partial charge in [-0.25, -0.2) is 0 Å². The second kappa shape index (κ2) is 7.16. The van der Waals surface area contributed by atoms with Gasteiger partial charge in [0.1, 0.15) is 5.37 Å². The molecule has 126 valence electrons. The van der Waals surface area contributed by atoms with Crippen LogP contribution in [-0.2, 0) is 4.79 Å². The van der Waals surface area contributed by atoms with Crippen LogP contribution >= 0.6 is 23.4 Å². The average molecular weight is 361 g/mol. The first-order valence-electron chi connectivity index (χ1n) is 8.09. The molecule has 1 unspecified atom stereocenters. The molecule has 0 spiro atoms. The van der Waals surface area contributed by atoms with Crippen LogP contribution in [0.5, 0.6) is 0 Å². The number of hydrogen-bond acceptors (Lipinski definition) is 3. The quantitative estimate of drug-likeness (QED) is 0.774. The number of nitrogens with zero attached hydrogens (tertiary/aromatic N) is 2. The number of halogens is 1. The van der Waals surface area contributed by atoms with E-state index in [1.165, 1.54) is 0 Å². The van der Waals surface area contributed by atoms with Gasteiger partial charge in [0.25, 0.3) is 0 Å². The molecule has 1 aromatic carbocycles. The minimum Gasteiger partial charge on any atom is -0.325 e. The predicted octanol–water partition coefficient (Wildman–Crippen LogP) is 4.94. The summed E-state index contributed by atoms with van der Waals surface area (Å²) in [7, 11) is 0. The number of carbonyl (C=O) groups is 1. The van der Waals surface area contributed by atoms with Gasteiger partial charge in [0.05, 0.1) is 5.75 Å². The van der Waals surface area contributed by atoms with E-state index < -0.39 is 0 Å². The molecule has 3 nitrogen and oxygen atoms in total. The van der Waals surface area contributed by atoms with Crippen molar-refractivity contribution in [3.8, 4) is 11.1 Å². The third kappa shape index (κ3) is 3.45. The van der Waals surface area contributed by atoms with E-state index in [9.17, 15) is 4.79 Å². The zero-order valence-electron chi connectivity index (χ0n) is 14.1. The van der Waals surface area contributed by atoms with Crippen molar-refractivity contribution in [2.45, 2.75) is 26.1 Å². The normalized spacial score (nSPS) is 17.8. The van der Waals surface area contributed by atoms with E-state index in [1.807, 2.05) is 36.2 Å². The number of amides is 1. The van der Waals surface area contributed by atoms with E-state index >= 15 is 0 Å². The van der Waals surface area contributed by atoms with Gasteiger partial charge in [0.2, 0.25) is 5.91 Å². The monoisotopic (exact) mass is 360 g/mol. The summed E-state index contributed by atoms with van der Waals surface area (Å²) in [6.07, 6.45) is 3.67. The van der Waals surface area contributed by atoms with Gasteiger partial charge in [0.15, 0.2) is 0 Å². The van der Waals surface area contributed by atoms with Crippen molar-refractivity contribution in [3.05, 3.63) is 52.8 Å². The molecule has 2 heterocycles. The zero-order valence-corrected chi connectivity index (χ0v) is 15.7. The summed E-state index contributed by atoms with van der Waals surface area (Å²) in [5, 5.41) is 0.771. The van der Waals surface area contributed by atoms with Crippen molar-refractivity contribution in [3.63, 3.8) is 0 Å². The molecule has 0 N–H and O–H groups in total. The van der Waals surface area contributed by atoms with Gasteiger partial charge in [-0.3, -0.25) is 9.78 Å². The largest absolute Gasteiger partial charge is 0.325 e. The number of carbonyl (C=O) groups excluding carboxylic acids is 1. The number of pyridine rings is 1. The van der Waals surface area contributed by atoms with Crippen LogP contribution in [-0.4, -0.2) is 28.1 Å². The van der Waals surface area contributed by atoms with E-state index in [0.717, 1.165) is 33.8 Å². The molecule has 0 saturated carbocycles. The molecule has 0 aliphatic carbocycles. The summed E-state index contributed by atoms with van der Waals surface area (Å²) in [5.74, 6) is 1.17. The maximum absolute atomic E-state index is 12.3. The summed E-state index contributed by atoms with van der Waals surface area (Å²) in [6, 6.07) is 8.10. The number of hydrogen-bond donors (Lipinski definition) is 0. The minimum absolute atomic E-state index is 0.0173. The Labute approximate surface area is 152 Å². The summed E-state index contributed by atoms with van der Waals surface area (Å²) in [6.45, 7) is 7.03. The average Bonchev–Trinajstić information content (AvgIpc) is 2.90. The lowest BCUT2D eigenvalue weighted by Gasteiger charge is -2.27. The van der Waals surface area contributed by atoms with E-state index in [1.54, 1.807) is 18.0 Å². The Morgan fingerprint density at radius 3 is 2.88 bits per heavy atom. The molecule has 24 heavy (non-hydrogen) atoms. The van der Waals surface area contributed by atoms with Crippen molar-refractivity contribution >= 4 is 29.3 Å². The van der Waals surface area contributed by atoms with Crippen molar-refractivity contribution in [2.24, 2.45) is 5.92 Å². The van der Waals surface area contributed by atoms with E-state index in [-0.39, 0.29) is 11.3 Å². The second-order valence-corrected chi connectivity index (χ2v) is 8.01. The Kier molecular flexibility index (Phi) is 5.16. The van der Waals surface area contributed by atoms with Gasteiger partial charge in [-0.1, -0.05) is 37.6 Å². The molecule has 1 saturated heterocycles. The minimum atomic E-state index is 0.0173. The van der Waals surface area contributed by atoms with Crippen molar-refractivity contribution < 1.29 is 4.79 Å². The number of aryl methyl sites for hydroxylation is 1. The van der Waals surface area contributed by atoms with Gasteiger partial charge in [0, 0.05) is 29.5 Å². The summed E-state index contributed by atoms with van der Waals surface area (Å²) in [4.78, 5) is 18.6. The molecule has 1 aliphatic rings. The smallest absolute Gasteiger partial charge is 0.233 e. The Hall–Kier alpha value is -1.52. The Morgan fingerprint density at radius 2 is 2.17 bits per heavy atom. The highest BCUT2D eigenvalue weighted by molar-refractivity contribution is 8.00. The Balaban J connectivity index is 2.02.